The molecule has 0 aliphatic heterocycles. The van der Waals surface area contributed by atoms with Gasteiger partial charge in [0.25, 0.3) is 0 Å². The molecule has 1 aromatic carbocycles. The molecule has 0 aliphatic rings. The summed E-state index contributed by atoms with van der Waals surface area (Å²) >= 11 is 0. The number of halogens is 4. The van der Waals surface area contributed by atoms with E-state index >= 15 is 0 Å². The third kappa shape index (κ3) is 2.91. The van der Waals surface area contributed by atoms with Gasteiger partial charge in [0.2, 0.25) is 0 Å². The van der Waals surface area contributed by atoms with Gasteiger partial charge in [0.1, 0.15) is 5.82 Å². The van der Waals surface area contributed by atoms with Crippen molar-refractivity contribution in [3.05, 3.63) is 53.1 Å². The second-order valence-electron chi connectivity index (χ2n) is 3.84. The van der Waals surface area contributed by atoms with Crippen LogP contribution in [0.25, 0.3) is 0 Å². The van der Waals surface area contributed by atoms with Crippen LogP contribution >= 0.6 is 0 Å². The van der Waals surface area contributed by atoms with Gasteiger partial charge in [-0.15, -0.1) is 0 Å². The maximum atomic E-state index is 13.1. The molecule has 7 heteroatoms. The summed E-state index contributed by atoms with van der Waals surface area (Å²) in [5.41, 5.74) is -0.410. The van der Waals surface area contributed by atoms with Gasteiger partial charge >= 0.3 is 6.18 Å². The first kappa shape index (κ1) is 13.1. The van der Waals surface area contributed by atoms with Crippen molar-refractivity contribution in [1.82, 2.24) is 9.78 Å². The summed E-state index contributed by atoms with van der Waals surface area (Å²) in [6.07, 6.45) is -2.98. The number of benzene rings is 1. The van der Waals surface area contributed by atoms with E-state index in [1.54, 1.807) is 0 Å². The third-order valence-electron chi connectivity index (χ3n) is 2.48. The van der Waals surface area contributed by atoms with E-state index in [4.69, 9.17) is 5.26 Å². The van der Waals surface area contributed by atoms with Gasteiger partial charge < -0.3 is 0 Å². The van der Waals surface area contributed by atoms with Gasteiger partial charge in [-0.05, 0) is 23.8 Å². The highest BCUT2D eigenvalue weighted by molar-refractivity contribution is 5.38. The largest absolute Gasteiger partial charge is 0.419 e. The van der Waals surface area contributed by atoms with Crippen LogP contribution in [-0.2, 0) is 12.7 Å². The summed E-state index contributed by atoms with van der Waals surface area (Å²) in [6, 6.07) is 5.35. The fourth-order valence-electron chi connectivity index (χ4n) is 1.57. The molecule has 1 heterocycles. The normalized spacial score (nSPS) is 11.3. The first-order valence-electron chi connectivity index (χ1n) is 5.18. The Labute approximate surface area is 105 Å². The Morgan fingerprint density at radius 3 is 2.63 bits per heavy atom. The van der Waals surface area contributed by atoms with Crippen molar-refractivity contribution in [2.45, 2.75) is 12.7 Å². The Morgan fingerprint density at radius 1 is 1.32 bits per heavy atom. The Bertz CT molecular complexity index is 637. The molecule has 0 bridgehead atoms. The average Bonchev–Trinajstić information content (AvgIpc) is 2.77. The highest BCUT2D eigenvalue weighted by atomic mass is 19.4. The van der Waals surface area contributed by atoms with E-state index in [1.807, 2.05) is 6.07 Å². The van der Waals surface area contributed by atoms with Crippen LogP contribution in [-0.4, -0.2) is 9.78 Å². The predicted octanol–water partition coefficient (Wildman–Crippen LogP) is 2.96. The smallest absolute Gasteiger partial charge is 0.268 e. The molecule has 2 rings (SSSR count). The van der Waals surface area contributed by atoms with Gasteiger partial charge in [-0.1, -0.05) is 0 Å². The summed E-state index contributed by atoms with van der Waals surface area (Å²) in [5, 5.41) is 12.4. The maximum Gasteiger partial charge on any atom is 0.419 e. The molecule has 0 saturated carbocycles. The van der Waals surface area contributed by atoms with Crippen molar-refractivity contribution >= 4 is 0 Å². The zero-order chi connectivity index (χ0) is 14.0. The quantitative estimate of drug-likeness (QED) is 0.786. The molecule has 0 aliphatic carbocycles. The van der Waals surface area contributed by atoms with Crippen LogP contribution in [0.15, 0.2) is 30.6 Å². The highest BCUT2D eigenvalue weighted by Gasteiger charge is 2.32. The molecule has 0 unspecified atom stereocenters. The molecule has 0 N–H and O–H groups in total. The number of hydrogen-bond acceptors (Lipinski definition) is 2. The van der Waals surface area contributed by atoms with Crippen LogP contribution in [0.4, 0.5) is 17.6 Å². The molecular formula is C12H7F4N3. The van der Waals surface area contributed by atoms with Gasteiger partial charge in [0, 0.05) is 6.20 Å². The zero-order valence-electron chi connectivity index (χ0n) is 9.45. The monoisotopic (exact) mass is 269 g/mol. The number of nitrogens with zero attached hydrogens (tertiary/aromatic N) is 3. The van der Waals surface area contributed by atoms with Crippen LogP contribution in [0.5, 0.6) is 0 Å². The summed E-state index contributed by atoms with van der Waals surface area (Å²) in [4.78, 5) is 0. The van der Waals surface area contributed by atoms with E-state index < -0.39 is 17.6 Å². The lowest BCUT2D eigenvalue weighted by Gasteiger charge is -2.05. The average molecular weight is 269 g/mol. The van der Waals surface area contributed by atoms with Crippen LogP contribution in [0.1, 0.15) is 16.7 Å². The predicted molar refractivity (Wildman–Crippen MR) is 57.4 cm³/mol. The Balaban J connectivity index is 2.29. The summed E-state index contributed by atoms with van der Waals surface area (Å²) in [5.74, 6) is -0.558. The molecule has 0 atom stereocenters. The topological polar surface area (TPSA) is 41.6 Å². The van der Waals surface area contributed by atoms with E-state index in [1.165, 1.54) is 6.07 Å². The van der Waals surface area contributed by atoms with E-state index in [0.717, 1.165) is 23.0 Å². The molecule has 3 nitrogen and oxygen atoms in total. The summed E-state index contributed by atoms with van der Waals surface area (Å²) < 4.78 is 51.2. The molecule has 0 spiro atoms. The van der Waals surface area contributed by atoms with Crippen molar-refractivity contribution in [3.63, 3.8) is 0 Å². The van der Waals surface area contributed by atoms with Crippen LogP contribution in [0, 0.1) is 17.1 Å². The first-order chi connectivity index (χ1) is 8.90. The van der Waals surface area contributed by atoms with Gasteiger partial charge in [-0.25, -0.2) is 4.39 Å². The number of hydrogen-bond donors (Lipinski definition) is 0. The van der Waals surface area contributed by atoms with Gasteiger partial charge in [0.05, 0.1) is 29.9 Å². The first-order valence-corrected chi connectivity index (χ1v) is 5.18. The van der Waals surface area contributed by atoms with E-state index in [-0.39, 0.29) is 17.7 Å². The minimum Gasteiger partial charge on any atom is -0.268 e. The molecule has 0 amide bonds. The third-order valence-corrected chi connectivity index (χ3v) is 2.48. The van der Waals surface area contributed by atoms with Gasteiger partial charge in [0.15, 0.2) is 0 Å². The minimum absolute atomic E-state index is 0.100. The molecule has 1 aromatic heterocycles. The van der Waals surface area contributed by atoms with Crippen molar-refractivity contribution in [2.24, 2.45) is 0 Å². The Hall–Kier alpha value is -2.36. The number of rotatable bonds is 2. The Kier molecular flexibility index (Phi) is 3.25. The van der Waals surface area contributed by atoms with Crippen LogP contribution < -0.4 is 0 Å². The Morgan fingerprint density at radius 2 is 2.05 bits per heavy atom. The number of aromatic nitrogens is 2. The lowest BCUT2D eigenvalue weighted by Crippen LogP contribution is -2.05. The lowest BCUT2D eigenvalue weighted by molar-refractivity contribution is -0.137. The summed E-state index contributed by atoms with van der Waals surface area (Å²) in [6.45, 7) is -0.100. The van der Waals surface area contributed by atoms with Crippen molar-refractivity contribution in [2.75, 3.05) is 0 Å². The van der Waals surface area contributed by atoms with Gasteiger partial charge in [-0.2, -0.15) is 23.5 Å². The van der Waals surface area contributed by atoms with E-state index in [9.17, 15) is 17.6 Å². The van der Waals surface area contributed by atoms with Gasteiger partial charge in [-0.3, -0.25) is 4.68 Å². The molecule has 0 radical (unpaired) electrons. The van der Waals surface area contributed by atoms with Crippen molar-refractivity contribution in [1.29, 1.82) is 5.26 Å². The standard InChI is InChI=1S/C12H7F4N3/c13-11-2-1-8(4-17)9(3-11)6-19-7-10(5-18-19)12(14,15)16/h1-3,5,7H,6H2. The molecule has 0 saturated heterocycles. The van der Waals surface area contributed by atoms with Crippen LogP contribution in [0.3, 0.4) is 0 Å². The number of nitriles is 1. The van der Waals surface area contributed by atoms with E-state index in [2.05, 4.69) is 5.10 Å². The molecule has 0 fully saturated rings. The number of alkyl halides is 3. The lowest BCUT2D eigenvalue weighted by atomic mass is 10.1. The molecule has 98 valence electrons. The zero-order valence-corrected chi connectivity index (χ0v) is 9.45. The van der Waals surface area contributed by atoms with Crippen LogP contribution in [0.2, 0.25) is 0 Å². The van der Waals surface area contributed by atoms with Crippen molar-refractivity contribution < 1.29 is 17.6 Å². The molecule has 2 aromatic rings. The molecule has 19 heavy (non-hydrogen) atoms. The fourth-order valence-corrected chi connectivity index (χ4v) is 1.57. The molecular weight excluding hydrogens is 262 g/mol. The SMILES string of the molecule is N#Cc1ccc(F)cc1Cn1cc(C(F)(F)F)cn1. The highest BCUT2D eigenvalue weighted by Crippen LogP contribution is 2.28. The second kappa shape index (κ2) is 4.72. The summed E-state index contributed by atoms with van der Waals surface area (Å²) in [7, 11) is 0. The minimum atomic E-state index is -4.47. The van der Waals surface area contributed by atoms with E-state index in [0.29, 0.717) is 6.20 Å². The second-order valence-corrected chi connectivity index (χ2v) is 3.84. The maximum absolute atomic E-state index is 13.1. The fraction of sp³-hybridized carbons (Fsp3) is 0.167. The van der Waals surface area contributed by atoms with Crippen molar-refractivity contribution in [3.8, 4) is 6.07 Å².